The molecule has 0 saturated heterocycles. The van der Waals surface area contributed by atoms with Gasteiger partial charge in [-0.25, -0.2) is 4.79 Å². The fourth-order valence-electron chi connectivity index (χ4n) is 1.45. The molecule has 0 saturated carbocycles. The first-order valence-corrected chi connectivity index (χ1v) is 9.38. The third-order valence-electron chi connectivity index (χ3n) is 2.51. The summed E-state index contributed by atoms with van der Waals surface area (Å²) in [5, 5.41) is 11.8. The number of ether oxygens (including phenoxy) is 1. The molecule has 1 aromatic rings. The van der Waals surface area contributed by atoms with E-state index in [0.29, 0.717) is 21.4 Å². The number of benzene rings is 1. The summed E-state index contributed by atoms with van der Waals surface area (Å²) in [6.07, 6.45) is 0.258. The Morgan fingerprint density at radius 3 is 2.48 bits per heavy atom. The zero-order chi connectivity index (χ0) is 16.2. The van der Waals surface area contributed by atoms with E-state index in [1.54, 1.807) is 0 Å². The van der Waals surface area contributed by atoms with Crippen LogP contribution in [0.1, 0.15) is 26.7 Å². The van der Waals surface area contributed by atoms with Crippen molar-refractivity contribution in [1.82, 2.24) is 0 Å². The van der Waals surface area contributed by atoms with Gasteiger partial charge in [-0.15, -0.1) is 0 Å². The Kier molecular flexibility index (Phi) is 7.95. The predicted molar refractivity (Wildman–Crippen MR) is 106 cm³/mol. The largest absolute Gasteiger partial charge is 0.479 e. The number of carbonyl (C=O) groups is 2. The van der Waals surface area contributed by atoms with Crippen LogP contribution in [0.15, 0.2) is 6.07 Å². The lowest BCUT2D eigenvalue weighted by Gasteiger charge is -2.18. The van der Waals surface area contributed by atoms with E-state index in [1.165, 1.54) is 6.92 Å². The van der Waals surface area contributed by atoms with Crippen LogP contribution in [0.25, 0.3) is 0 Å². The highest BCUT2D eigenvalue weighted by Crippen LogP contribution is 2.37. The fraction of sp³-hybridized carbons (Fsp3) is 0.385. The molecule has 0 aromatic heterocycles. The van der Waals surface area contributed by atoms with Crippen molar-refractivity contribution < 1.29 is 19.4 Å². The van der Waals surface area contributed by atoms with Gasteiger partial charge in [0, 0.05) is 9.99 Å². The van der Waals surface area contributed by atoms with E-state index in [2.05, 4.69) is 73.1 Å². The highest BCUT2D eigenvalue weighted by Gasteiger charge is 2.21. The van der Waals surface area contributed by atoms with Gasteiger partial charge < -0.3 is 15.2 Å². The Labute approximate surface area is 164 Å². The average molecular weight is 629 g/mol. The van der Waals surface area contributed by atoms with Gasteiger partial charge in [-0.1, -0.05) is 6.92 Å². The number of amides is 1. The van der Waals surface area contributed by atoms with Crippen molar-refractivity contribution in [2.45, 2.75) is 32.8 Å². The Bertz CT molecular complexity index is 563. The number of hydrogen-bond donors (Lipinski definition) is 2. The van der Waals surface area contributed by atoms with Crippen molar-refractivity contribution >= 4 is 85.3 Å². The normalized spacial score (nSPS) is 11.9. The van der Waals surface area contributed by atoms with Crippen molar-refractivity contribution in [3.8, 4) is 5.75 Å². The molecular weight excluding hydrogens is 615 g/mol. The Hall–Kier alpha value is 0.150. The molecule has 8 heteroatoms. The lowest BCUT2D eigenvalue weighted by atomic mass is 10.2. The number of nitrogens with one attached hydrogen (secondary N) is 1. The van der Waals surface area contributed by atoms with Crippen LogP contribution >= 0.6 is 67.8 Å². The Morgan fingerprint density at radius 2 is 1.95 bits per heavy atom. The second kappa shape index (κ2) is 8.70. The molecule has 0 bridgehead atoms. The third-order valence-corrected chi connectivity index (χ3v) is 5.19. The molecule has 1 atom stereocenters. The molecule has 1 unspecified atom stereocenters. The van der Waals surface area contributed by atoms with Crippen molar-refractivity contribution in [2.75, 3.05) is 5.32 Å². The van der Waals surface area contributed by atoms with Crippen molar-refractivity contribution in [2.24, 2.45) is 0 Å². The summed E-state index contributed by atoms with van der Waals surface area (Å²) in [6, 6.07) is 1.86. The van der Waals surface area contributed by atoms with E-state index in [4.69, 9.17) is 9.84 Å². The van der Waals surface area contributed by atoms with Crippen LogP contribution in [0.2, 0.25) is 0 Å². The molecule has 1 rings (SSSR count). The number of anilines is 1. The summed E-state index contributed by atoms with van der Waals surface area (Å²) in [5.74, 6) is -0.609. The molecule has 21 heavy (non-hydrogen) atoms. The highest BCUT2D eigenvalue weighted by molar-refractivity contribution is 14.1. The number of carboxylic acids is 1. The number of carbonyl (C=O) groups excluding carboxylic acids is 1. The van der Waals surface area contributed by atoms with Gasteiger partial charge in [-0.2, -0.15) is 0 Å². The quantitative estimate of drug-likeness (QED) is 0.466. The number of halogens is 3. The van der Waals surface area contributed by atoms with Crippen LogP contribution in [0.5, 0.6) is 5.75 Å². The van der Waals surface area contributed by atoms with E-state index in [-0.39, 0.29) is 5.91 Å². The number of carboxylic acid groups (broad SMARTS) is 1. The molecule has 1 amide bonds. The van der Waals surface area contributed by atoms with E-state index in [1.807, 2.05) is 13.0 Å². The van der Waals surface area contributed by atoms with Crippen molar-refractivity contribution in [3.05, 3.63) is 16.8 Å². The number of hydrogen-bond acceptors (Lipinski definition) is 3. The Balaban J connectivity index is 3.15. The van der Waals surface area contributed by atoms with E-state index >= 15 is 0 Å². The lowest BCUT2D eigenvalue weighted by Crippen LogP contribution is -2.24. The van der Waals surface area contributed by atoms with Gasteiger partial charge >= 0.3 is 5.97 Å². The predicted octanol–water partition coefficient (Wildman–Crippen LogP) is 4.09. The highest BCUT2D eigenvalue weighted by atomic mass is 127. The molecule has 1 aromatic carbocycles. The van der Waals surface area contributed by atoms with Crippen LogP contribution in [-0.4, -0.2) is 23.1 Å². The molecule has 5 nitrogen and oxygen atoms in total. The van der Waals surface area contributed by atoms with E-state index in [9.17, 15) is 9.59 Å². The first-order chi connectivity index (χ1) is 9.77. The monoisotopic (exact) mass is 629 g/mol. The summed E-state index contributed by atoms with van der Waals surface area (Å²) in [7, 11) is 0. The number of aliphatic carboxylic acids is 1. The minimum atomic E-state index is -1.03. The summed E-state index contributed by atoms with van der Waals surface area (Å²) in [6.45, 7) is 3.41. The molecular formula is C13H14I3NO4. The zero-order valence-corrected chi connectivity index (χ0v) is 17.8. The van der Waals surface area contributed by atoms with Crippen molar-refractivity contribution in [1.29, 1.82) is 0 Å². The van der Waals surface area contributed by atoms with Gasteiger partial charge in [0.1, 0.15) is 5.75 Å². The fourth-order valence-corrected chi connectivity index (χ4v) is 5.35. The van der Waals surface area contributed by atoms with Crippen LogP contribution < -0.4 is 10.1 Å². The zero-order valence-electron chi connectivity index (χ0n) is 11.4. The first-order valence-electron chi connectivity index (χ1n) is 6.14. The second-order valence-electron chi connectivity index (χ2n) is 4.25. The minimum absolute atomic E-state index is 0.0632. The molecule has 0 aliphatic carbocycles. The van der Waals surface area contributed by atoms with Crippen LogP contribution in [0.3, 0.4) is 0 Å². The molecule has 116 valence electrons. The molecule has 0 radical (unpaired) electrons. The van der Waals surface area contributed by atoms with Gasteiger partial charge in [0.2, 0.25) is 5.91 Å². The standard InChI is InChI=1S/C13H14I3NO4/c1-3-4-9(18)17-11-7(14)5-8(15)12(10(11)16)21-6(2)13(19)20/h5-6H,3-4H2,1-2H3,(H,17,18)(H,19,20). The SMILES string of the molecule is CCCC(=O)Nc1c(I)cc(I)c(OC(C)C(=O)O)c1I. The van der Waals surface area contributed by atoms with Crippen LogP contribution in [0.4, 0.5) is 5.69 Å². The van der Waals surface area contributed by atoms with Crippen molar-refractivity contribution in [3.63, 3.8) is 0 Å². The van der Waals surface area contributed by atoms with Gasteiger partial charge in [-0.3, -0.25) is 4.79 Å². The second-order valence-corrected chi connectivity index (χ2v) is 7.66. The van der Waals surface area contributed by atoms with Gasteiger partial charge in [-0.05, 0) is 87.2 Å². The van der Waals surface area contributed by atoms with E-state index in [0.717, 1.165) is 13.6 Å². The average Bonchev–Trinajstić information content (AvgIpc) is 2.39. The Morgan fingerprint density at radius 1 is 1.33 bits per heavy atom. The minimum Gasteiger partial charge on any atom is -0.479 e. The molecule has 2 N–H and O–H groups in total. The maximum absolute atomic E-state index is 11.8. The first kappa shape index (κ1) is 19.2. The summed E-state index contributed by atoms with van der Waals surface area (Å²) in [4.78, 5) is 22.7. The van der Waals surface area contributed by atoms with Gasteiger partial charge in [0.25, 0.3) is 0 Å². The third kappa shape index (κ3) is 5.37. The topological polar surface area (TPSA) is 75.6 Å². The lowest BCUT2D eigenvalue weighted by molar-refractivity contribution is -0.144. The number of rotatable bonds is 6. The summed E-state index contributed by atoms with van der Waals surface area (Å²) in [5.41, 5.74) is 0.669. The van der Waals surface area contributed by atoms with Crippen LogP contribution in [0, 0.1) is 10.7 Å². The molecule has 0 aliphatic rings. The maximum Gasteiger partial charge on any atom is 0.344 e. The maximum atomic E-state index is 11.8. The molecule has 0 fully saturated rings. The van der Waals surface area contributed by atoms with Gasteiger partial charge in [0.15, 0.2) is 6.10 Å². The molecule has 0 aliphatic heterocycles. The summed E-state index contributed by atoms with van der Waals surface area (Å²) < 4.78 is 7.91. The van der Waals surface area contributed by atoms with Crippen LogP contribution in [-0.2, 0) is 9.59 Å². The molecule has 0 spiro atoms. The molecule has 0 heterocycles. The summed E-state index contributed by atoms with van der Waals surface area (Å²) >= 11 is 6.30. The van der Waals surface area contributed by atoms with E-state index < -0.39 is 12.1 Å². The smallest absolute Gasteiger partial charge is 0.344 e. The van der Waals surface area contributed by atoms with Gasteiger partial charge in [0.05, 0.1) is 12.8 Å².